The van der Waals surface area contributed by atoms with E-state index in [1.807, 2.05) is 17.5 Å². The Kier molecular flexibility index (Phi) is 7.03. The van der Waals surface area contributed by atoms with Crippen LogP contribution in [0.3, 0.4) is 0 Å². The summed E-state index contributed by atoms with van der Waals surface area (Å²) in [6.07, 6.45) is -3.45. The summed E-state index contributed by atoms with van der Waals surface area (Å²) < 4.78 is 53.6. The van der Waals surface area contributed by atoms with Crippen molar-refractivity contribution < 1.29 is 22.4 Å². The van der Waals surface area contributed by atoms with Crippen LogP contribution >= 0.6 is 11.3 Å². The van der Waals surface area contributed by atoms with Gasteiger partial charge in [-0.1, -0.05) is 18.2 Å². The number of halogens is 4. The summed E-state index contributed by atoms with van der Waals surface area (Å²) >= 11 is 1.63. The molecular formula is C27H27F4N3OS. The van der Waals surface area contributed by atoms with E-state index in [1.165, 1.54) is 23.1 Å². The summed E-state index contributed by atoms with van der Waals surface area (Å²) in [4.78, 5) is 18.9. The first-order chi connectivity index (χ1) is 17.3. The van der Waals surface area contributed by atoms with Crippen molar-refractivity contribution >= 4 is 22.9 Å². The number of benzene rings is 2. The lowest BCUT2D eigenvalue weighted by atomic mass is 9.82. The molecule has 2 aliphatic rings. The standard InChI is InChI=1S/C27H27F4N3OS/c28-21-6-3-18(4-7-21)16-33-11-12-34-24-8-5-20(27(29,30)31)14-19(24)15-23(25(34)17-33)26(35)32-10-9-22-2-1-13-36-22/h1-8,13-14,23,25H,9-12,15-17H2,(H,32,35)/t23-,25-/m1/s1. The van der Waals surface area contributed by atoms with Gasteiger partial charge in [-0.15, -0.1) is 11.3 Å². The third-order valence-electron chi connectivity index (χ3n) is 7.03. The van der Waals surface area contributed by atoms with Gasteiger partial charge in [-0.05, 0) is 65.7 Å². The molecule has 1 saturated heterocycles. The van der Waals surface area contributed by atoms with Crippen LogP contribution in [0.25, 0.3) is 0 Å². The molecule has 0 bridgehead atoms. The zero-order valence-electron chi connectivity index (χ0n) is 19.6. The van der Waals surface area contributed by atoms with E-state index in [4.69, 9.17) is 0 Å². The minimum Gasteiger partial charge on any atom is -0.365 e. The predicted molar refractivity (Wildman–Crippen MR) is 132 cm³/mol. The van der Waals surface area contributed by atoms with Crippen LogP contribution < -0.4 is 10.2 Å². The van der Waals surface area contributed by atoms with Gasteiger partial charge < -0.3 is 10.2 Å². The van der Waals surface area contributed by atoms with Crippen LogP contribution in [0.15, 0.2) is 60.0 Å². The Morgan fingerprint density at radius 1 is 1.08 bits per heavy atom. The Bertz CT molecular complexity index is 1200. The molecule has 1 N–H and O–H groups in total. The maximum absolute atomic E-state index is 13.4. The molecule has 0 unspecified atom stereocenters. The number of anilines is 1. The molecule has 9 heteroatoms. The van der Waals surface area contributed by atoms with Gasteiger partial charge in [0.2, 0.25) is 5.91 Å². The summed E-state index contributed by atoms with van der Waals surface area (Å²) in [7, 11) is 0. The molecule has 3 aromatic rings. The first-order valence-electron chi connectivity index (χ1n) is 12.0. The predicted octanol–water partition coefficient (Wildman–Crippen LogP) is 5.13. The van der Waals surface area contributed by atoms with Crippen LogP contribution in [0.2, 0.25) is 0 Å². The van der Waals surface area contributed by atoms with Gasteiger partial charge in [-0.3, -0.25) is 9.69 Å². The number of nitrogens with zero attached hydrogens (tertiary/aromatic N) is 2. The van der Waals surface area contributed by atoms with E-state index >= 15 is 0 Å². The van der Waals surface area contributed by atoms with Gasteiger partial charge in [-0.25, -0.2) is 4.39 Å². The van der Waals surface area contributed by atoms with Crippen molar-refractivity contribution in [2.24, 2.45) is 5.92 Å². The number of fused-ring (bicyclic) bond motifs is 3. The average molecular weight is 518 g/mol. The average Bonchev–Trinajstić information content (AvgIpc) is 3.37. The molecule has 0 saturated carbocycles. The van der Waals surface area contributed by atoms with Crippen molar-refractivity contribution in [1.29, 1.82) is 0 Å². The lowest BCUT2D eigenvalue weighted by molar-refractivity contribution is -0.137. The number of rotatable bonds is 6. The molecule has 3 heterocycles. The molecule has 2 aliphatic heterocycles. The molecule has 1 fully saturated rings. The fourth-order valence-electron chi connectivity index (χ4n) is 5.25. The number of alkyl halides is 3. The number of thiophene rings is 1. The van der Waals surface area contributed by atoms with E-state index in [9.17, 15) is 22.4 Å². The molecule has 5 rings (SSSR count). The van der Waals surface area contributed by atoms with E-state index in [2.05, 4.69) is 15.1 Å². The summed E-state index contributed by atoms with van der Waals surface area (Å²) in [5.41, 5.74) is 1.63. The highest BCUT2D eigenvalue weighted by molar-refractivity contribution is 7.09. The molecule has 0 aliphatic carbocycles. The Morgan fingerprint density at radius 3 is 2.61 bits per heavy atom. The van der Waals surface area contributed by atoms with Crippen LogP contribution in [-0.2, 0) is 30.4 Å². The number of hydrogen-bond acceptors (Lipinski definition) is 4. The lowest BCUT2D eigenvalue weighted by Gasteiger charge is -2.49. The normalized spacial score (nSPS) is 20.1. The Balaban J connectivity index is 1.37. The van der Waals surface area contributed by atoms with Crippen LogP contribution in [0.1, 0.15) is 21.6 Å². The van der Waals surface area contributed by atoms with Gasteiger partial charge in [0.15, 0.2) is 0 Å². The van der Waals surface area contributed by atoms with E-state index in [-0.39, 0.29) is 24.2 Å². The minimum absolute atomic E-state index is 0.131. The Labute approximate surface area is 211 Å². The van der Waals surface area contributed by atoms with Crippen LogP contribution in [-0.4, -0.2) is 43.0 Å². The molecule has 36 heavy (non-hydrogen) atoms. The van der Waals surface area contributed by atoms with E-state index in [0.717, 1.165) is 23.7 Å². The number of carbonyl (C=O) groups excluding carboxylic acids is 1. The van der Waals surface area contributed by atoms with Crippen molar-refractivity contribution in [3.05, 3.63) is 87.4 Å². The fourth-order valence-corrected chi connectivity index (χ4v) is 5.95. The summed E-state index contributed by atoms with van der Waals surface area (Å²) in [6.45, 7) is 3.00. The van der Waals surface area contributed by atoms with Crippen LogP contribution in [0.5, 0.6) is 0 Å². The molecular weight excluding hydrogens is 490 g/mol. The second kappa shape index (κ2) is 10.2. The lowest BCUT2D eigenvalue weighted by Crippen LogP contribution is -2.61. The number of hydrogen-bond donors (Lipinski definition) is 1. The van der Waals surface area contributed by atoms with Crippen molar-refractivity contribution in [3.8, 4) is 0 Å². The first-order valence-corrected chi connectivity index (χ1v) is 12.9. The van der Waals surface area contributed by atoms with Crippen molar-refractivity contribution in [1.82, 2.24) is 10.2 Å². The Hall–Kier alpha value is -2.91. The molecule has 0 radical (unpaired) electrons. The first kappa shape index (κ1) is 24.8. The molecule has 190 valence electrons. The monoisotopic (exact) mass is 517 g/mol. The smallest absolute Gasteiger partial charge is 0.365 e. The highest BCUT2D eigenvalue weighted by atomic mass is 32.1. The fraction of sp³-hybridized carbons (Fsp3) is 0.370. The number of amides is 1. The minimum atomic E-state index is -4.43. The van der Waals surface area contributed by atoms with E-state index in [0.29, 0.717) is 38.3 Å². The van der Waals surface area contributed by atoms with Gasteiger partial charge in [0.25, 0.3) is 0 Å². The Morgan fingerprint density at radius 2 is 1.89 bits per heavy atom. The number of carbonyl (C=O) groups is 1. The summed E-state index contributed by atoms with van der Waals surface area (Å²) in [5.74, 6) is -0.890. The van der Waals surface area contributed by atoms with Gasteiger partial charge in [-0.2, -0.15) is 13.2 Å². The van der Waals surface area contributed by atoms with Crippen LogP contribution in [0, 0.1) is 11.7 Å². The number of nitrogens with one attached hydrogen (secondary N) is 1. The van der Waals surface area contributed by atoms with Crippen molar-refractivity contribution in [3.63, 3.8) is 0 Å². The van der Waals surface area contributed by atoms with Crippen molar-refractivity contribution in [2.45, 2.75) is 31.6 Å². The van der Waals surface area contributed by atoms with Crippen molar-refractivity contribution in [2.75, 3.05) is 31.1 Å². The topological polar surface area (TPSA) is 35.6 Å². The third-order valence-corrected chi connectivity index (χ3v) is 7.97. The van der Waals surface area contributed by atoms with Crippen LogP contribution in [0.4, 0.5) is 23.2 Å². The van der Waals surface area contributed by atoms with Gasteiger partial charge in [0.1, 0.15) is 5.82 Å². The van der Waals surface area contributed by atoms with Gasteiger partial charge in [0.05, 0.1) is 17.5 Å². The summed E-state index contributed by atoms with van der Waals surface area (Å²) in [6, 6.07) is 14.1. The molecule has 4 nitrogen and oxygen atoms in total. The molecule has 0 spiro atoms. The molecule has 1 amide bonds. The van der Waals surface area contributed by atoms with E-state index < -0.39 is 17.7 Å². The van der Waals surface area contributed by atoms with E-state index in [1.54, 1.807) is 29.5 Å². The summed E-state index contributed by atoms with van der Waals surface area (Å²) in [5, 5.41) is 5.02. The molecule has 1 aromatic heterocycles. The number of piperazine rings is 1. The highest BCUT2D eigenvalue weighted by Gasteiger charge is 2.42. The largest absolute Gasteiger partial charge is 0.416 e. The zero-order valence-corrected chi connectivity index (χ0v) is 20.4. The second-order valence-corrected chi connectivity index (χ2v) is 10.4. The second-order valence-electron chi connectivity index (χ2n) is 9.39. The maximum atomic E-state index is 13.4. The highest BCUT2D eigenvalue weighted by Crippen LogP contribution is 2.40. The quantitative estimate of drug-likeness (QED) is 0.461. The van der Waals surface area contributed by atoms with Gasteiger partial charge in [0, 0.05) is 43.3 Å². The SMILES string of the molecule is O=C(NCCc1cccs1)[C@@H]1Cc2cc(C(F)(F)F)ccc2N2CCN(Cc3ccc(F)cc3)C[C@H]12. The van der Waals surface area contributed by atoms with Gasteiger partial charge >= 0.3 is 6.18 Å². The zero-order chi connectivity index (χ0) is 25.3. The maximum Gasteiger partial charge on any atom is 0.416 e. The molecule has 2 aromatic carbocycles. The molecule has 2 atom stereocenters. The third kappa shape index (κ3) is 5.42.